The molecule has 0 saturated carbocycles. The van der Waals surface area contributed by atoms with Crippen molar-refractivity contribution >= 4 is 38.9 Å². The predicted molar refractivity (Wildman–Crippen MR) is 79.6 cm³/mol. The van der Waals surface area contributed by atoms with Gasteiger partial charge in [0.1, 0.15) is 0 Å². The van der Waals surface area contributed by atoms with Gasteiger partial charge in [0.25, 0.3) is 0 Å². The van der Waals surface area contributed by atoms with Crippen LogP contribution in [0.15, 0.2) is 12.1 Å². The summed E-state index contributed by atoms with van der Waals surface area (Å²) >= 11 is 12.1. The molecule has 106 valence electrons. The molecule has 2 rings (SSSR count). The zero-order valence-corrected chi connectivity index (χ0v) is 12.9. The van der Waals surface area contributed by atoms with Crippen molar-refractivity contribution in [3.8, 4) is 0 Å². The van der Waals surface area contributed by atoms with E-state index in [0.29, 0.717) is 23.0 Å². The molecule has 1 unspecified atom stereocenters. The molecule has 0 amide bonds. The fraction of sp³-hybridized carbons (Fsp3) is 0.500. The second-order valence-electron chi connectivity index (χ2n) is 4.67. The molecule has 1 aliphatic rings. The number of aryl methyl sites for hydroxylation is 1. The monoisotopic (exact) mass is 322 g/mol. The molecule has 4 nitrogen and oxygen atoms in total. The first-order chi connectivity index (χ1) is 8.92. The lowest BCUT2D eigenvalue weighted by atomic mass is 10.2. The normalized spacial score (nSPS) is 20.3. The number of piperidine rings is 1. The maximum atomic E-state index is 12.3. The van der Waals surface area contributed by atoms with Gasteiger partial charge in [-0.25, -0.2) is 8.42 Å². The van der Waals surface area contributed by atoms with Gasteiger partial charge in [-0.05, 0) is 37.9 Å². The highest BCUT2D eigenvalue weighted by atomic mass is 35.5. The molecule has 1 aromatic carbocycles. The highest BCUT2D eigenvalue weighted by molar-refractivity contribution is 7.93. The Hall–Kier alpha value is -0.490. The SMILES string of the molecule is Cc1ccc(Cl)c(NS(=O)(=O)C2CCCNC2)c1Cl. The van der Waals surface area contributed by atoms with Gasteiger partial charge < -0.3 is 5.32 Å². The van der Waals surface area contributed by atoms with Crippen molar-refractivity contribution in [3.05, 3.63) is 27.7 Å². The van der Waals surface area contributed by atoms with E-state index < -0.39 is 15.3 Å². The molecule has 1 atom stereocenters. The van der Waals surface area contributed by atoms with Crippen LogP contribution in [0, 0.1) is 6.92 Å². The summed E-state index contributed by atoms with van der Waals surface area (Å²) in [6.07, 6.45) is 1.49. The number of hydrogen-bond acceptors (Lipinski definition) is 3. The van der Waals surface area contributed by atoms with Gasteiger partial charge in [-0.2, -0.15) is 0 Å². The second-order valence-corrected chi connectivity index (χ2v) is 7.41. The molecule has 0 radical (unpaired) electrons. The Labute approximate surface area is 123 Å². The first-order valence-corrected chi connectivity index (χ1v) is 8.39. The van der Waals surface area contributed by atoms with Gasteiger partial charge in [0.2, 0.25) is 10.0 Å². The summed E-state index contributed by atoms with van der Waals surface area (Å²) in [5.74, 6) is 0. The minimum absolute atomic E-state index is 0.272. The summed E-state index contributed by atoms with van der Waals surface area (Å²) in [6.45, 7) is 3.12. The van der Waals surface area contributed by atoms with Gasteiger partial charge in [-0.15, -0.1) is 0 Å². The number of benzene rings is 1. The summed E-state index contributed by atoms with van der Waals surface area (Å²) in [5, 5.41) is 3.29. The number of hydrogen-bond donors (Lipinski definition) is 2. The van der Waals surface area contributed by atoms with Crippen LogP contribution in [-0.4, -0.2) is 26.8 Å². The third-order valence-electron chi connectivity index (χ3n) is 3.22. The standard InChI is InChI=1S/C12H16Cl2N2O2S/c1-8-4-5-10(13)12(11(8)14)16-19(17,18)9-3-2-6-15-7-9/h4-5,9,15-16H,2-3,6-7H2,1H3. The summed E-state index contributed by atoms with van der Waals surface area (Å²) in [4.78, 5) is 0. The second kappa shape index (κ2) is 5.87. The molecule has 7 heteroatoms. The predicted octanol–water partition coefficient (Wildman–Crippen LogP) is 2.80. The van der Waals surface area contributed by atoms with Crippen molar-refractivity contribution in [2.45, 2.75) is 25.0 Å². The van der Waals surface area contributed by atoms with Gasteiger partial charge >= 0.3 is 0 Å². The van der Waals surface area contributed by atoms with Crippen LogP contribution in [0.3, 0.4) is 0 Å². The molecular formula is C12H16Cl2N2O2S. The summed E-state index contributed by atoms with van der Waals surface area (Å²) in [7, 11) is -3.48. The Kier molecular flexibility index (Phi) is 4.61. The average molecular weight is 323 g/mol. The zero-order chi connectivity index (χ0) is 14.0. The fourth-order valence-electron chi connectivity index (χ4n) is 2.06. The van der Waals surface area contributed by atoms with Crippen molar-refractivity contribution in [1.29, 1.82) is 0 Å². The molecule has 0 aromatic heterocycles. The topological polar surface area (TPSA) is 58.2 Å². The third-order valence-corrected chi connectivity index (χ3v) is 5.79. The molecule has 0 bridgehead atoms. The van der Waals surface area contributed by atoms with E-state index in [0.717, 1.165) is 18.5 Å². The molecule has 0 spiro atoms. The first-order valence-electron chi connectivity index (χ1n) is 6.09. The molecule has 19 heavy (non-hydrogen) atoms. The molecule has 1 fully saturated rings. The third kappa shape index (κ3) is 3.34. The van der Waals surface area contributed by atoms with Gasteiger partial charge in [0, 0.05) is 6.54 Å². The van der Waals surface area contributed by atoms with Crippen molar-refractivity contribution in [3.63, 3.8) is 0 Å². The van der Waals surface area contributed by atoms with Crippen molar-refractivity contribution in [1.82, 2.24) is 5.32 Å². The van der Waals surface area contributed by atoms with Crippen LogP contribution in [-0.2, 0) is 10.0 Å². The maximum absolute atomic E-state index is 12.3. The molecular weight excluding hydrogens is 307 g/mol. The fourth-order valence-corrected chi connectivity index (χ4v) is 4.12. The van der Waals surface area contributed by atoms with E-state index in [4.69, 9.17) is 23.2 Å². The number of nitrogens with one attached hydrogen (secondary N) is 2. The van der Waals surface area contributed by atoms with E-state index >= 15 is 0 Å². The summed E-state index contributed by atoms with van der Waals surface area (Å²) in [5.41, 5.74) is 1.06. The zero-order valence-electron chi connectivity index (χ0n) is 10.5. The van der Waals surface area contributed by atoms with Crippen LogP contribution in [0.4, 0.5) is 5.69 Å². The molecule has 2 N–H and O–H groups in total. The van der Waals surface area contributed by atoms with Crippen molar-refractivity contribution < 1.29 is 8.42 Å². The van der Waals surface area contributed by atoms with E-state index in [1.807, 2.05) is 0 Å². The molecule has 1 aliphatic heterocycles. The van der Waals surface area contributed by atoms with E-state index in [-0.39, 0.29) is 5.69 Å². The van der Waals surface area contributed by atoms with E-state index in [1.54, 1.807) is 19.1 Å². The Morgan fingerprint density at radius 1 is 1.37 bits per heavy atom. The molecule has 0 aliphatic carbocycles. The van der Waals surface area contributed by atoms with E-state index in [1.165, 1.54) is 0 Å². The van der Waals surface area contributed by atoms with Crippen LogP contribution in [0.2, 0.25) is 10.0 Å². The van der Waals surface area contributed by atoms with Crippen LogP contribution >= 0.6 is 23.2 Å². The van der Waals surface area contributed by atoms with Gasteiger partial charge in [0.15, 0.2) is 0 Å². The first kappa shape index (κ1) is 14.9. The number of sulfonamides is 1. The lowest BCUT2D eigenvalue weighted by Gasteiger charge is -2.24. The molecule has 1 heterocycles. The highest BCUT2D eigenvalue weighted by Gasteiger charge is 2.28. The van der Waals surface area contributed by atoms with E-state index in [2.05, 4.69) is 10.0 Å². The number of anilines is 1. The summed E-state index contributed by atoms with van der Waals surface area (Å²) in [6, 6.07) is 3.39. The average Bonchev–Trinajstić information content (AvgIpc) is 2.40. The Bertz CT molecular complexity index is 569. The minimum Gasteiger partial charge on any atom is -0.315 e. The van der Waals surface area contributed by atoms with Crippen LogP contribution < -0.4 is 10.0 Å². The quantitative estimate of drug-likeness (QED) is 0.899. The van der Waals surface area contributed by atoms with Gasteiger partial charge in [0.05, 0.1) is 21.0 Å². The Balaban J connectivity index is 2.27. The highest BCUT2D eigenvalue weighted by Crippen LogP contribution is 2.34. The van der Waals surface area contributed by atoms with Crippen LogP contribution in [0.5, 0.6) is 0 Å². The number of rotatable bonds is 3. The van der Waals surface area contributed by atoms with Crippen molar-refractivity contribution in [2.24, 2.45) is 0 Å². The lowest BCUT2D eigenvalue weighted by molar-refractivity contribution is 0.499. The van der Waals surface area contributed by atoms with Gasteiger partial charge in [-0.3, -0.25) is 4.72 Å². The smallest absolute Gasteiger partial charge is 0.236 e. The van der Waals surface area contributed by atoms with Crippen molar-refractivity contribution in [2.75, 3.05) is 17.8 Å². The largest absolute Gasteiger partial charge is 0.315 e. The lowest BCUT2D eigenvalue weighted by Crippen LogP contribution is -2.41. The molecule has 1 aromatic rings. The van der Waals surface area contributed by atoms with Crippen LogP contribution in [0.1, 0.15) is 18.4 Å². The summed E-state index contributed by atoms with van der Waals surface area (Å²) < 4.78 is 27.1. The van der Waals surface area contributed by atoms with Gasteiger partial charge in [-0.1, -0.05) is 29.3 Å². The van der Waals surface area contributed by atoms with Crippen LogP contribution in [0.25, 0.3) is 0 Å². The molecule has 1 saturated heterocycles. The van der Waals surface area contributed by atoms with E-state index in [9.17, 15) is 8.42 Å². The Morgan fingerprint density at radius 2 is 2.11 bits per heavy atom. The minimum atomic E-state index is -3.48. The maximum Gasteiger partial charge on any atom is 0.236 e. The Morgan fingerprint density at radius 3 is 2.74 bits per heavy atom. The number of halogens is 2.